The van der Waals surface area contributed by atoms with Crippen LogP contribution in [0.2, 0.25) is 0 Å². The molecule has 0 saturated carbocycles. The van der Waals surface area contributed by atoms with E-state index < -0.39 is 0 Å². The number of nitrogens with two attached hydrogens (primary N) is 1. The second-order valence-corrected chi connectivity index (χ2v) is 6.66. The van der Waals surface area contributed by atoms with Crippen molar-refractivity contribution in [3.63, 3.8) is 0 Å². The van der Waals surface area contributed by atoms with Gasteiger partial charge in [0.2, 0.25) is 5.91 Å². The van der Waals surface area contributed by atoms with Crippen LogP contribution in [0, 0.1) is 0 Å². The van der Waals surface area contributed by atoms with Gasteiger partial charge in [0.25, 0.3) is 0 Å². The number of rotatable bonds is 4. The van der Waals surface area contributed by atoms with Gasteiger partial charge in [-0.3, -0.25) is 14.6 Å². The van der Waals surface area contributed by atoms with E-state index in [9.17, 15) is 4.79 Å². The maximum atomic E-state index is 11.8. The molecule has 1 fully saturated rings. The Bertz CT molecular complexity index is 332. The summed E-state index contributed by atoms with van der Waals surface area (Å²) in [6.07, 6.45) is 0. The van der Waals surface area contributed by atoms with E-state index in [4.69, 9.17) is 18.0 Å². The highest BCUT2D eigenvalue weighted by Crippen LogP contribution is 2.07. The molecule has 5 nitrogen and oxygen atoms in total. The number of carbonyl (C=O) groups excluding carboxylic acids is 1. The lowest BCUT2D eigenvalue weighted by atomic mass is 10.1. The summed E-state index contributed by atoms with van der Waals surface area (Å²) in [6.45, 7) is 12.0. The van der Waals surface area contributed by atoms with Crippen LogP contribution in [0.1, 0.15) is 27.7 Å². The first-order valence-corrected chi connectivity index (χ1v) is 7.16. The minimum atomic E-state index is -0.168. The predicted octanol–water partition coefficient (Wildman–Crippen LogP) is 0.193. The molecule has 6 heteroatoms. The molecule has 0 bridgehead atoms. The quantitative estimate of drug-likeness (QED) is 0.723. The zero-order chi connectivity index (χ0) is 14.6. The lowest BCUT2D eigenvalue weighted by Gasteiger charge is -2.37. The number of thiocarbonyl (C=S) groups is 1. The Labute approximate surface area is 121 Å². The number of hydrogen-bond donors (Lipinski definition) is 2. The highest BCUT2D eigenvalue weighted by Gasteiger charge is 2.24. The molecule has 0 aromatic heterocycles. The molecule has 0 aromatic carbocycles. The van der Waals surface area contributed by atoms with Crippen LogP contribution >= 0.6 is 12.2 Å². The van der Waals surface area contributed by atoms with Crippen LogP contribution in [0.4, 0.5) is 0 Å². The zero-order valence-corrected chi connectivity index (χ0v) is 13.2. The number of carbonyl (C=O) groups is 1. The summed E-state index contributed by atoms with van der Waals surface area (Å²) in [5, 5.41) is 2.98. The number of nitrogens with zero attached hydrogens (tertiary/aromatic N) is 2. The fraction of sp³-hybridized carbons (Fsp3) is 0.846. The Morgan fingerprint density at radius 1 is 1.32 bits per heavy atom. The molecule has 0 aliphatic carbocycles. The van der Waals surface area contributed by atoms with Crippen molar-refractivity contribution >= 4 is 23.1 Å². The molecule has 0 radical (unpaired) electrons. The third-order valence-corrected chi connectivity index (χ3v) is 3.59. The highest BCUT2D eigenvalue weighted by molar-refractivity contribution is 7.80. The van der Waals surface area contributed by atoms with Gasteiger partial charge in [-0.05, 0) is 27.7 Å². The van der Waals surface area contributed by atoms with Gasteiger partial charge in [-0.2, -0.15) is 0 Å². The van der Waals surface area contributed by atoms with Gasteiger partial charge in [0.15, 0.2) is 0 Å². The third-order valence-electron chi connectivity index (χ3n) is 3.25. The first kappa shape index (κ1) is 16.3. The van der Waals surface area contributed by atoms with Crippen molar-refractivity contribution in [2.45, 2.75) is 39.3 Å². The normalized spacial score (nSPS) is 20.0. The van der Waals surface area contributed by atoms with E-state index >= 15 is 0 Å². The van der Waals surface area contributed by atoms with E-state index in [2.05, 4.69) is 15.1 Å². The molecule has 0 aromatic rings. The maximum Gasteiger partial charge on any atom is 0.234 e. The van der Waals surface area contributed by atoms with E-state index in [0.29, 0.717) is 11.5 Å². The largest absolute Gasteiger partial charge is 0.392 e. The van der Waals surface area contributed by atoms with Gasteiger partial charge < -0.3 is 11.1 Å². The van der Waals surface area contributed by atoms with Crippen molar-refractivity contribution in [3.05, 3.63) is 0 Å². The first-order chi connectivity index (χ1) is 8.69. The van der Waals surface area contributed by atoms with E-state index in [0.717, 1.165) is 26.2 Å². The Morgan fingerprint density at radius 2 is 1.84 bits per heavy atom. The third kappa shape index (κ3) is 5.84. The van der Waals surface area contributed by atoms with E-state index in [1.807, 2.05) is 27.7 Å². The van der Waals surface area contributed by atoms with Crippen LogP contribution in [0.25, 0.3) is 0 Å². The van der Waals surface area contributed by atoms with Crippen molar-refractivity contribution in [1.82, 2.24) is 15.1 Å². The second kappa shape index (κ2) is 6.63. The molecule has 19 heavy (non-hydrogen) atoms. The van der Waals surface area contributed by atoms with Gasteiger partial charge in [0.05, 0.1) is 17.6 Å². The Balaban J connectivity index is 2.34. The highest BCUT2D eigenvalue weighted by atomic mass is 32.1. The van der Waals surface area contributed by atoms with Crippen LogP contribution in [0.3, 0.4) is 0 Å². The summed E-state index contributed by atoms with van der Waals surface area (Å²) in [6, 6.07) is 0.139. The summed E-state index contributed by atoms with van der Waals surface area (Å²) in [7, 11) is 0. The molecule has 1 aliphatic rings. The van der Waals surface area contributed by atoms with Crippen LogP contribution in [0.5, 0.6) is 0 Å². The minimum Gasteiger partial charge on any atom is -0.392 e. The Morgan fingerprint density at radius 3 is 2.26 bits per heavy atom. The van der Waals surface area contributed by atoms with Gasteiger partial charge in [0, 0.05) is 31.7 Å². The molecule has 110 valence electrons. The number of amides is 1. The molecule has 3 N–H and O–H groups in total. The standard InChI is InChI=1S/C13H26N4OS/c1-10(12(14)19)17-7-5-16(6-8-17)9-11(18)15-13(2,3)4/h10H,5-9H2,1-4H3,(H2,14,19)(H,15,18). The zero-order valence-electron chi connectivity index (χ0n) is 12.4. The summed E-state index contributed by atoms with van der Waals surface area (Å²) >= 11 is 5.02. The lowest BCUT2D eigenvalue weighted by molar-refractivity contribution is -0.124. The molecule has 0 spiro atoms. The molecule has 1 saturated heterocycles. The summed E-state index contributed by atoms with van der Waals surface area (Å²) in [4.78, 5) is 16.8. The first-order valence-electron chi connectivity index (χ1n) is 6.76. The fourth-order valence-corrected chi connectivity index (χ4v) is 2.30. The molecular formula is C13H26N4OS. The van der Waals surface area contributed by atoms with Gasteiger partial charge in [-0.25, -0.2) is 0 Å². The monoisotopic (exact) mass is 286 g/mol. The van der Waals surface area contributed by atoms with Crippen molar-refractivity contribution < 1.29 is 4.79 Å². The van der Waals surface area contributed by atoms with E-state index in [1.165, 1.54) is 0 Å². The van der Waals surface area contributed by atoms with Crippen molar-refractivity contribution in [3.8, 4) is 0 Å². The summed E-state index contributed by atoms with van der Waals surface area (Å²) in [5.41, 5.74) is 5.50. The van der Waals surface area contributed by atoms with E-state index in [-0.39, 0.29) is 17.5 Å². The Hall–Kier alpha value is -0.720. The van der Waals surface area contributed by atoms with Gasteiger partial charge in [-0.1, -0.05) is 12.2 Å². The number of piperazine rings is 1. The smallest absolute Gasteiger partial charge is 0.234 e. The number of nitrogens with one attached hydrogen (secondary N) is 1. The van der Waals surface area contributed by atoms with Gasteiger partial charge in [0.1, 0.15) is 0 Å². The minimum absolute atomic E-state index is 0.0864. The average molecular weight is 286 g/mol. The van der Waals surface area contributed by atoms with Crippen LogP contribution < -0.4 is 11.1 Å². The molecule has 1 rings (SSSR count). The van der Waals surface area contributed by atoms with Crippen LogP contribution in [-0.2, 0) is 4.79 Å². The summed E-state index contributed by atoms with van der Waals surface area (Å²) in [5.74, 6) is 0.0864. The van der Waals surface area contributed by atoms with Crippen molar-refractivity contribution in [1.29, 1.82) is 0 Å². The molecule has 1 unspecified atom stereocenters. The van der Waals surface area contributed by atoms with Gasteiger partial charge >= 0.3 is 0 Å². The van der Waals surface area contributed by atoms with E-state index in [1.54, 1.807) is 0 Å². The van der Waals surface area contributed by atoms with Crippen molar-refractivity contribution in [2.75, 3.05) is 32.7 Å². The molecule has 1 heterocycles. The second-order valence-electron chi connectivity index (χ2n) is 6.19. The summed E-state index contributed by atoms with van der Waals surface area (Å²) < 4.78 is 0. The van der Waals surface area contributed by atoms with Crippen molar-refractivity contribution in [2.24, 2.45) is 5.73 Å². The number of hydrogen-bond acceptors (Lipinski definition) is 4. The SMILES string of the molecule is CC(C(N)=S)N1CCN(CC(=O)NC(C)(C)C)CC1. The molecular weight excluding hydrogens is 260 g/mol. The maximum absolute atomic E-state index is 11.8. The molecule has 1 aliphatic heterocycles. The molecule has 1 atom stereocenters. The van der Waals surface area contributed by atoms with Gasteiger partial charge in [-0.15, -0.1) is 0 Å². The topological polar surface area (TPSA) is 61.6 Å². The van der Waals surface area contributed by atoms with Crippen LogP contribution in [-0.4, -0.2) is 65.0 Å². The fourth-order valence-electron chi connectivity index (χ4n) is 2.15. The lowest BCUT2D eigenvalue weighted by Crippen LogP contribution is -2.55. The molecule has 1 amide bonds. The Kier molecular flexibility index (Phi) is 5.70. The predicted molar refractivity (Wildman–Crippen MR) is 82.2 cm³/mol. The average Bonchev–Trinajstić information content (AvgIpc) is 2.26. The van der Waals surface area contributed by atoms with Crippen LogP contribution in [0.15, 0.2) is 0 Å².